The molecule has 0 amide bonds. The second kappa shape index (κ2) is 3.26. The Hall–Kier alpha value is -1.22. The zero-order valence-electron chi connectivity index (χ0n) is 8.16. The average Bonchev–Trinajstić information content (AvgIpc) is 2.02. The van der Waals surface area contributed by atoms with E-state index in [9.17, 15) is 5.11 Å². The van der Waals surface area contributed by atoms with Crippen molar-refractivity contribution in [2.45, 2.75) is 19.4 Å². The quantitative estimate of drug-likeness (QED) is 0.680. The molecule has 0 bridgehead atoms. The summed E-state index contributed by atoms with van der Waals surface area (Å²) in [6.07, 6.45) is 0. The van der Waals surface area contributed by atoms with E-state index in [4.69, 9.17) is 10.5 Å². The molecule has 0 fully saturated rings. The SMILES string of the molecule is COc1ccc(C(C)(C)O)cc1N. The van der Waals surface area contributed by atoms with Gasteiger partial charge in [-0.15, -0.1) is 0 Å². The summed E-state index contributed by atoms with van der Waals surface area (Å²) < 4.78 is 5.01. The van der Waals surface area contributed by atoms with Crippen molar-refractivity contribution in [2.24, 2.45) is 0 Å². The lowest BCUT2D eigenvalue weighted by molar-refractivity contribution is 0.0786. The lowest BCUT2D eigenvalue weighted by Crippen LogP contribution is -2.15. The van der Waals surface area contributed by atoms with E-state index >= 15 is 0 Å². The van der Waals surface area contributed by atoms with Crippen molar-refractivity contribution in [1.29, 1.82) is 0 Å². The molecular weight excluding hydrogens is 166 g/mol. The predicted molar refractivity (Wildman–Crippen MR) is 52.7 cm³/mol. The summed E-state index contributed by atoms with van der Waals surface area (Å²) in [5.74, 6) is 0.632. The highest BCUT2D eigenvalue weighted by molar-refractivity contribution is 5.55. The molecular formula is C10H15NO2. The molecule has 1 aromatic carbocycles. The normalized spacial score (nSPS) is 11.4. The van der Waals surface area contributed by atoms with Crippen LogP contribution in [0.2, 0.25) is 0 Å². The molecule has 1 rings (SSSR count). The fraction of sp³-hybridized carbons (Fsp3) is 0.400. The number of nitrogens with two attached hydrogens (primary N) is 1. The van der Waals surface area contributed by atoms with Crippen LogP contribution in [-0.4, -0.2) is 12.2 Å². The molecule has 0 aliphatic rings. The molecule has 0 aromatic heterocycles. The summed E-state index contributed by atoms with van der Waals surface area (Å²) in [7, 11) is 1.56. The van der Waals surface area contributed by atoms with Crippen LogP contribution in [0, 0.1) is 0 Å². The van der Waals surface area contributed by atoms with Crippen molar-refractivity contribution >= 4 is 5.69 Å². The van der Waals surface area contributed by atoms with Crippen molar-refractivity contribution in [1.82, 2.24) is 0 Å². The largest absolute Gasteiger partial charge is 0.495 e. The molecule has 0 atom stereocenters. The molecule has 1 aromatic rings. The Morgan fingerprint density at radius 3 is 2.38 bits per heavy atom. The van der Waals surface area contributed by atoms with Gasteiger partial charge in [0.15, 0.2) is 0 Å². The fourth-order valence-electron chi connectivity index (χ4n) is 1.11. The van der Waals surface area contributed by atoms with Gasteiger partial charge in [-0.2, -0.15) is 0 Å². The number of methoxy groups -OCH3 is 1. The van der Waals surface area contributed by atoms with Crippen LogP contribution in [-0.2, 0) is 5.60 Å². The number of rotatable bonds is 2. The molecule has 0 spiro atoms. The van der Waals surface area contributed by atoms with E-state index in [1.807, 2.05) is 0 Å². The molecule has 3 N–H and O–H groups in total. The van der Waals surface area contributed by atoms with Gasteiger partial charge in [0.05, 0.1) is 18.4 Å². The topological polar surface area (TPSA) is 55.5 Å². The Balaban J connectivity index is 3.10. The zero-order chi connectivity index (χ0) is 10.1. The molecule has 0 radical (unpaired) electrons. The molecule has 72 valence electrons. The monoisotopic (exact) mass is 181 g/mol. The van der Waals surface area contributed by atoms with Crippen molar-refractivity contribution in [2.75, 3.05) is 12.8 Å². The number of hydrogen-bond donors (Lipinski definition) is 2. The van der Waals surface area contributed by atoms with Crippen molar-refractivity contribution in [3.05, 3.63) is 23.8 Å². The van der Waals surface area contributed by atoms with Crippen LogP contribution in [0.15, 0.2) is 18.2 Å². The molecule has 0 unspecified atom stereocenters. The summed E-state index contributed by atoms with van der Waals surface area (Å²) in [5, 5.41) is 9.68. The molecule has 13 heavy (non-hydrogen) atoms. The minimum Gasteiger partial charge on any atom is -0.495 e. The maximum absolute atomic E-state index is 9.68. The number of anilines is 1. The van der Waals surface area contributed by atoms with Gasteiger partial charge in [0, 0.05) is 0 Å². The second-order valence-corrected chi connectivity index (χ2v) is 3.52. The minimum atomic E-state index is -0.861. The standard InChI is InChI=1S/C10H15NO2/c1-10(2,12)7-4-5-9(13-3)8(11)6-7/h4-6,12H,11H2,1-3H3. The van der Waals surface area contributed by atoms with Crippen LogP contribution in [0.3, 0.4) is 0 Å². The van der Waals surface area contributed by atoms with Crippen LogP contribution >= 0.6 is 0 Å². The van der Waals surface area contributed by atoms with Crippen molar-refractivity contribution in [3.63, 3.8) is 0 Å². The second-order valence-electron chi connectivity index (χ2n) is 3.52. The highest BCUT2D eigenvalue weighted by Crippen LogP contribution is 2.27. The van der Waals surface area contributed by atoms with Crippen LogP contribution in [0.25, 0.3) is 0 Å². The van der Waals surface area contributed by atoms with E-state index < -0.39 is 5.60 Å². The van der Waals surface area contributed by atoms with Gasteiger partial charge >= 0.3 is 0 Å². The molecule has 0 heterocycles. The number of benzene rings is 1. The Morgan fingerprint density at radius 1 is 1.38 bits per heavy atom. The Morgan fingerprint density at radius 2 is 2.00 bits per heavy atom. The van der Waals surface area contributed by atoms with Gasteiger partial charge < -0.3 is 15.6 Å². The Kier molecular flexibility index (Phi) is 2.48. The van der Waals surface area contributed by atoms with Gasteiger partial charge in [-0.05, 0) is 31.5 Å². The highest BCUT2D eigenvalue weighted by Gasteiger charge is 2.16. The molecule has 3 nitrogen and oxygen atoms in total. The van der Waals surface area contributed by atoms with E-state index in [0.717, 1.165) is 5.56 Å². The van der Waals surface area contributed by atoms with Crippen LogP contribution in [0.4, 0.5) is 5.69 Å². The third-order valence-corrected chi connectivity index (χ3v) is 1.94. The van der Waals surface area contributed by atoms with E-state index in [1.165, 1.54) is 0 Å². The van der Waals surface area contributed by atoms with Gasteiger partial charge in [0.1, 0.15) is 5.75 Å². The van der Waals surface area contributed by atoms with Gasteiger partial charge in [-0.3, -0.25) is 0 Å². The van der Waals surface area contributed by atoms with Crippen LogP contribution in [0.5, 0.6) is 5.75 Å². The van der Waals surface area contributed by atoms with Crippen molar-refractivity contribution in [3.8, 4) is 5.75 Å². The van der Waals surface area contributed by atoms with E-state index in [0.29, 0.717) is 11.4 Å². The third-order valence-electron chi connectivity index (χ3n) is 1.94. The van der Waals surface area contributed by atoms with E-state index in [2.05, 4.69) is 0 Å². The predicted octanol–water partition coefficient (Wildman–Crippen LogP) is 1.50. The molecule has 0 aliphatic heterocycles. The van der Waals surface area contributed by atoms with Gasteiger partial charge in [-0.1, -0.05) is 6.07 Å². The number of hydrogen-bond acceptors (Lipinski definition) is 3. The lowest BCUT2D eigenvalue weighted by Gasteiger charge is -2.18. The smallest absolute Gasteiger partial charge is 0.141 e. The Bertz CT molecular complexity index is 302. The fourth-order valence-corrected chi connectivity index (χ4v) is 1.11. The first-order valence-electron chi connectivity index (χ1n) is 4.11. The van der Waals surface area contributed by atoms with Gasteiger partial charge in [0.2, 0.25) is 0 Å². The van der Waals surface area contributed by atoms with Gasteiger partial charge in [0.25, 0.3) is 0 Å². The summed E-state index contributed by atoms with van der Waals surface area (Å²) in [4.78, 5) is 0. The first-order valence-corrected chi connectivity index (χ1v) is 4.11. The molecule has 3 heteroatoms. The van der Waals surface area contributed by atoms with Gasteiger partial charge in [-0.25, -0.2) is 0 Å². The maximum atomic E-state index is 9.68. The summed E-state index contributed by atoms with van der Waals surface area (Å²) in [5.41, 5.74) is 6.16. The Labute approximate surface area is 78.1 Å². The first kappa shape index (κ1) is 9.86. The van der Waals surface area contributed by atoms with E-state index in [1.54, 1.807) is 39.2 Å². The van der Waals surface area contributed by atoms with E-state index in [-0.39, 0.29) is 0 Å². The summed E-state index contributed by atoms with van der Waals surface area (Å²) in [6, 6.07) is 5.27. The minimum absolute atomic E-state index is 0.544. The average molecular weight is 181 g/mol. The highest BCUT2D eigenvalue weighted by atomic mass is 16.5. The zero-order valence-corrected chi connectivity index (χ0v) is 8.16. The number of aliphatic hydroxyl groups is 1. The number of ether oxygens (including phenoxy) is 1. The molecule has 0 saturated carbocycles. The van der Waals surface area contributed by atoms with Crippen LogP contribution < -0.4 is 10.5 Å². The molecule has 0 aliphatic carbocycles. The molecule has 0 saturated heterocycles. The summed E-state index contributed by atoms with van der Waals surface area (Å²) in [6.45, 7) is 3.43. The first-order chi connectivity index (χ1) is 5.95. The number of nitrogen functional groups attached to an aromatic ring is 1. The third kappa shape index (κ3) is 2.12. The van der Waals surface area contributed by atoms with Crippen molar-refractivity contribution < 1.29 is 9.84 Å². The summed E-state index contributed by atoms with van der Waals surface area (Å²) >= 11 is 0. The lowest BCUT2D eigenvalue weighted by atomic mass is 9.98. The maximum Gasteiger partial charge on any atom is 0.141 e. The van der Waals surface area contributed by atoms with Crippen LogP contribution in [0.1, 0.15) is 19.4 Å².